The number of pyridine rings is 1. The number of aliphatic hydroxyl groups excluding tert-OH is 1. The summed E-state index contributed by atoms with van der Waals surface area (Å²) in [4.78, 5) is 58.0. The quantitative estimate of drug-likeness (QED) is 0.195. The molecule has 3 aliphatic heterocycles. The molecule has 0 aliphatic carbocycles. The number of aromatic nitrogens is 3. The fourth-order valence-corrected chi connectivity index (χ4v) is 9.38. The van der Waals surface area contributed by atoms with E-state index in [0.29, 0.717) is 28.0 Å². The second-order valence-corrected chi connectivity index (χ2v) is 18.3. The first-order valence-corrected chi connectivity index (χ1v) is 21.7. The highest BCUT2D eigenvalue weighted by Gasteiger charge is 2.53. The molecule has 0 radical (unpaired) electrons. The maximum atomic E-state index is 14.5. The van der Waals surface area contributed by atoms with Crippen molar-refractivity contribution in [2.75, 3.05) is 33.0 Å². The van der Waals surface area contributed by atoms with Crippen LogP contribution in [0, 0.1) is 23.7 Å². The van der Waals surface area contributed by atoms with E-state index < -0.39 is 83.2 Å². The van der Waals surface area contributed by atoms with Gasteiger partial charge in [0.05, 0.1) is 42.8 Å². The van der Waals surface area contributed by atoms with Gasteiger partial charge in [0.1, 0.15) is 29.4 Å². The van der Waals surface area contributed by atoms with Gasteiger partial charge in [0.2, 0.25) is 11.0 Å². The Kier molecular flexibility index (Phi) is 15.9. The normalized spacial score (nSPS) is 37.2. The number of esters is 1. The van der Waals surface area contributed by atoms with Crippen LogP contribution >= 0.6 is 11.3 Å². The maximum absolute atomic E-state index is 14.5. The highest BCUT2D eigenvalue weighted by molar-refractivity contribution is 7.18. The summed E-state index contributed by atoms with van der Waals surface area (Å²) < 4.78 is 32.4. The number of hydrogen-bond donors (Lipinski definition) is 3. The number of hydrogen-bond acceptors (Lipinski definition) is 18. The van der Waals surface area contributed by atoms with Crippen LogP contribution in [0.25, 0.3) is 10.6 Å². The molecule has 5 rings (SSSR count). The minimum absolute atomic E-state index is 0.0333. The summed E-state index contributed by atoms with van der Waals surface area (Å²) >= 11 is 1.24. The van der Waals surface area contributed by atoms with Gasteiger partial charge in [0.25, 0.3) is 0 Å². The predicted octanol–water partition coefficient (Wildman–Crippen LogP) is 3.62. The third kappa shape index (κ3) is 11.2. The standard InChI is InChI=1S/C42H63N7O11S/c1-12-31-42(9,54)36-23(4)32(45-26(7)50)21(2)16-41(8,56-19-29(18-55-36)48-57-20-28-14-13-27(17-44-28)37-46-47-40(43)61-37)35(24(5)33(51)25(6)38(53)59-31)60-39-34(52)30(49(10)11)15-22(3)58-39/h13-14,17,21-25,30-31,34-36,39,52,54H,12,15-16,18-20H2,1-11H3,(H2,43,47)/b45-32?,48-29+/t21-,22-,23+,24+,25-,30+,31-,34-,35-,36+,39+,41-,42-/m1/s1. The number of aliphatic hydroxyl groups is 2. The molecule has 2 bridgehead atoms. The fraction of sp³-hybridized carbons (Fsp3) is 0.714. The van der Waals surface area contributed by atoms with Crippen LogP contribution in [0.15, 0.2) is 28.5 Å². The van der Waals surface area contributed by atoms with E-state index in [1.165, 1.54) is 32.1 Å². The molecule has 18 nitrogen and oxygen atoms in total. The number of amides is 1. The highest BCUT2D eigenvalue weighted by atomic mass is 32.1. The Morgan fingerprint density at radius 2 is 1.82 bits per heavy atom. The lowest BCUT2D eigenvalue weighted by molar-refractivity contribution is -0.296. The number of rotatable bonds is 8. The van der Waals surface area contributed by atoms with E-state index in [9.17, 15) is 24.6 Å². The van der Waals surface area contributed by atoms with Crippen LogP contribution < -0.4 is 5.73 Å². The fourth-order valence-electron chi connectivity index (χ4n) is 8.78. The number of cyclic esters (lactones) is 1. The molecule has 338 valence electrons. The van der Waals surface area contributed by atoms with Gasteiger partial charge in [-0.25, -0.2) is 4.99 Å². The Bertz CT molecular complexity index is 1910. The number of nitrogen functional groups attached to an aromatic ring is 1. The molecule has 3 fully saturated rings. The van der Waals surface area contributed by atoms with Crippen molar-refractivity contribution in [3.05, 3.63) is 24.0 Å². The zero-order chi connectivity index (χ0) is 45.0. The first kappa shape index (κ1) is 48.2. The number of anilines is 1. The lowest BCUT2D eigenvalue weighted by Gasteiger charge is -2.47. The van der Waals surface area contributed by atoms with Crippen LogP contribution in [-0.4, -0.2) is 141 Å². The molecule has 61 heavy (non-hydrogen) atoms. The van der Waals surface area contributed by atoms with E-state index in [0.717, 1.165) is 5.56 Å². The molecule has 3 aliphatic rings. The Hall–Kier alpha value is -3.82. The van der Waals surface area contributed by atoms with Crippen LogP contribution in [0.4, 0.5) is 5.13 Å². The second-order valence-electron chi connectivity index (χ2n) is 17.3. The number of carbonyl (C=O) groups is 3. The van der Waals surface area contributed by atoms with Gasteiger partial charge in [-0.1, -0.05) is 44.2 Å². The smallest absolute Gasteiger partial charge is 0.316 e. The topological polar surface area (TPSA) is 240 Å². The molecule has 1 amide bonds. The average Bonchev–Trinajstić information content (AvgIpc) is 3.64. The molecule has 19 heteroatoms. The summed E-state index contributed by atoms with van der Waals surface area (Å²) in [5, 5.41) is 37.4. The highest BCUT2D eigenvalue weighted by Crippen LogP contribution is 2.40. The minimum atomic E-state index is -1.87. The molecule has 2 aromatic heterocycles. The van der Waals surface area contributed by atoms with E-state index in [1.807, 2.05) is 38.9 Å². The van der Waals surface area contributed by atoms with Crippen molar-refractivity contribution in [1.29, 1.82) is 0 Å². The number of fused-ring (bicyclic) bond motifs is 5. The molecule has 5 heterocycles. The van der Waals surface area contributed by atoms with Crippen molar-refractivity contribution in [2.24, 2.45) is 33.8 Å². The average molecular weight is 874 g/mol. The summed E-state index contributed by atoms with van der Waals surface area (Å²) in [5.41, 5.74) is 4.42. The first-order valence-electron chi connectivity index (χ1n) is 20.8. The number of carbonyl (C=O) groups excluding carboxylic acids is 3. The van der Waals surface area contributed by atoms with Gasteiger partial charge >= 0.3 is 5.97 Å². The number of likely N-dealkylation sites (N-methyl/N-ethyl adjacent to an activating group) is 1. The Labute approximate surface area is 361 Å². The van der Waals surface area contributed by atoms with Crippen molar-refractivity contribution < 1.29 is 53.1 Å². The van der Waals surface area contributed by atoms with Gasteiger partial charge in [-0.3, -0.25) is 19.4 Å². The molecule has 0 unspecified atom stereocenters. The first-order chi connectivity index (χ1) is 28.7. The zero-order valence-electron chi connectivity index (χ0n) is 37.1. The lowest BCUT2D eigenvalue weighted by atomic mass is 9.73. The molecule has 0 aromatic carbocycles. The predicted molar refractivity (Wildman–Crippen MR) is 226 cm³/mol. The van der Waals surface area contributed by atoms with Crippen molar-refractivity contribution in [2.45, 2.75) is 142 Å². The zero-order valence-corrected chi connectivity index (χ0v) is 37.9. The van der Waals surface area contributed by atoms with Crippen LogP contribution in [0.1, 0.15) is 87.3 Å². The number of aliphatic imine (C=N–C) groups is 1. The minimum Gasteiger partial charge on any atom is -0.459 e. The van der Waals surface area contributed by atoms with Gasteiger partial charge in [-0.15, -0.1) is 10.2 Å². The van der Waals surface area contributed by atoms with Crippen molar-refractivity contribution in [3.63, 3.8) is 0 Å². The molecule has 0 saturated carbocycles. The van der Waals surface area contributed by atoms with Gasteiger partial charge < -0.3 is 49.4 Å². The number of nitrogens with two attached hydrogens (primary N) is 1. The number of oxime groups is 1. The number of nitrogens with zero attached hydrogens (tertiary/aromatic N) is 6. The number of Topliss-reactive ketones (excluding diaryl/α,β-unsaturated/α-hetero) is 1. The third-order valence-corrected chi connectivity index (χ3v) is 12.8. The van der Waals surface area contributed by atoms with Crippen molar-refractivity contribution in [1.82, 2.24) is 20.1 Å². The van der Waals surface area contributed by atoms with Crippen LogP contribution in [0.3, 0.4) is 0 Å². The summed E-state index contributed by atoms with van der Waals surface area (Å²) in [6.07, 6.45) is -3.60. The summed E-state index contributed by atoms with van der Waals surface area (Å²) in [7, 11) is 3.72. The largest absolute Gasteiger partial charge is 0.459 e. The number of ketones is 1. The molecule has 2 aromatic rings. The molecular formula is C42H63N7O11S. The van der Waals surface area contributed by atoms with E-state index in [1.54, 1.807) is 40.0 Å². The van der Waals surface area contributed by atoms with Crippen LogP contribution in [0.5, 0.6) is 0 Å². The third-order valence-electron chi connectivity index (χ3n) is 12.0. The Morgan fingerprint density at radius 1 is 1.10 bits per heavy atom. The Morgan fingerprint density at radius 3 is 2.43 bits per heavy atom. The molecule has 0 spiro atoms. The number of ether oxygens (including phenoxy) is 5. The van der Waals surface area contributed by atoms with E-state index in [4.69, 9.17) is 34.3 Å². The monoisotopic (exact) mass is 873 g/mol. The SMILES string of the molecule is CC[C@H]1OC(=O)[C@H](C)C(=O)[C@H](C)[C@@H](O[C@@H]2O[C@H](C)C[C@H](N(C)C)[C@H]2O)[C@@]2(C)C[C@@H](C)C(=NC(C)=O)[C@H](C)[C@H](OC/C(=N\OCc3ccc(-c4nnc(N)s4)cn3)CO2)[C@]1(C)O. The molecular weight excluding hydrogens is 811 g/mol. The van der Waals surface area contributed by atoms with Crippen LogP contribution in [0.2, 0.25) is 0 Å². The van der Waals surface area contributed by atoms with E-state index in [2.05, 4.69) is 25.3 Å². The Balaban J connectivity index is 1.63. The molecule has 4 N–H and O–H groups in total. The van der Waals surface area contributed by atoms with Gasteiger partial charge in [0, 0.05) is 42.3 Å². The molecule has 13 atom stereocenters. The van der Waals surface area contributed by atoms with Crippen LogP contribution in [-0.2, 0) is 49.5 Å². The van der Waals surface area contributed by atoms with E-state index in [-0.39, 0.29) is 50.5 Å². The summed E-state index contributed by atoms with van der Waals surface area (Å²) in [6, 6.07) is 3.25. The molecule has 3 saturated heterocycles. The second kappa shape index (κ2) is 20.1. The lowest BCUT2D eigenvalue weighted by Crippen LogP contribution is -2.60. The van der Waals surface area contributed by atoms with Gasteiger partial charge in [-0.05, 0) is 79.1 Å². The summed E-state index contributed by atoms with van der Waals surface area (Å²) in [6.45, 7) is 14.6. The maximum Gasteiger partial charge on any atom is 0.316 e. The van der Waals surface area contributed by atoms with Crippen molar-refractivity contribution in [3.8, 4) is 10.6 Å². The summed E-state index contributed by atoms with van der Waals surface area (Å²) in [5.74, 6) is -5.41. The van der Waals surface area contributed by atoms with E-state index >= 15 is 0 Å². The van der Waals surface area contributed by atoms with Gasteiger partial charge in [-0.2, -0.15) is 0 Å². The van der Waals surface area contributed by atoms with Gasteiger partial charge in [0.15, 0.2) is 23.7 Å². The van der Waals surface area contributed by atoms with Crippen molar-refractivity contribution >= 4 is 45.6 Å².